The zero-order chi connectivity index (χ0) is 22.3. The van der Waals surface area contributed by atoms with Crippen molar-refractivity contribution in [1.82, 2.24) is 24.2 Å². The average molecular weight is 440 g/mol. The highest BCUT2D eigenvalue weighted by Gasteiger charge is 2.31. The van der Waals surface area contributed by atoms with Crippen LogP contribution in [0, 0.1) is 11.8 Å². The van der Waals surface area contributed by atoms with Crippen molar-refractivity contribution in [3.8, 4) is 11.8 Å². The van der Waals surface area contributed by atoms with Gasteiger partial charge in [-0.25, -0.2) is 9.67 Å². The first-order chi connectivity index (χ1) is 14.8. The normalized spacial score (nSPS) is 15.7. The van der Waals surface area contributed by atoms with Gasteiger partial charge in [-0.1, -0.05) is 17.5 Å². The molecule has 4 rings (SSSR count). The minimum Gasteiger partial charge on any atom is -0.373 e. The van der Waals surface area contributed by atoms with Crippen LogP contribution in [0.2, 0.25) is 5.02 Å². The lowest BCUT2D eigenvalue weighted by molar-refractivity contribution is -0.127. The van der Waals surface area contributed by atoms with Gasteiger partial charge in [-0.2, -0.15) is 5.10 Å². The second kappa shape index (κ2) is 7.96. The predicted octanol–water partition coefficient (Wildman–Crippen LogP) is 1.76. The van der Waals surface area contributed by atoms with Gasteiger partial charge in [-0.15, -0.1) is 0 Å². The third-order valence-electron chi connectivity index (χ3n) is 5.48. The van der Waals surface area contributed by atoms with Gasteiger partial charge in [0.1, 0.15) is 11.4 Å². The lowest BCUT2D eigenvalue weighted by Gasteiger charge is -2.16. The first-order valence-corrected chi connectivity index (χ1v) is 10.2. The Kier molecular flexibility index (Phi) is 5.33. The van der Waals surface area contributed by atoms with Gasteiger partial charge in [-0.05, 0) is 24.5 Å². The highest BCUT2D eigenvalue weighted by atomic mass is 35.5. The fourth-order valence-electron chi connectivity index (χ4n) is 3.86. The highest BCUT2D eigenvalue weighted by Crippen LogP contribution is 2.29. The lowest BCUT2D eigenvalue weighted by atomic mass is 10.1. The standard InChI is InChI=1S/C21H22ClN7O2/c1-12(30)28-7-6-14(10-28)29-21(24-2)19(20(23)31)16(26-29)5-4-13-8-17-18(9-15(13)22)27(3)11-25-17/h8-9,11,14,24H,6-7,10H2,1-3H3,(H2,23,31)/t14-/m0/s1. The van der Waals surface area contributed by atoms with E-state index in [0.717, 1.165) is 17.5 Å². The van der Waals surface area contributed by atoms with Gasteiger partial charge in [0.25, 0.3) is 5.91 Å². The molecule has 0 radical (unpaired) electrons. The van der Waals surface area contributed by atoms with Crippen molar-refractivity contribution in [2.45, 2.75) is 19.4 Å². The van der Waals surface area contributed by atoms with Crippen LogP contribution < -0.4 is 11.1 Å². The summed E-state index contributed by atoms with van der Waals surface area (Å²) < 4.78 is 3.58. The first-order valence-electron chi connectivity index (χ1n) is 9.78. The van der Waals surface area contributed by atoms with Crippen LogP contribution in [-0.4, -0.2) is 56.2 Å². The molecule has 1 saturated heterocycles. The fourth-order valence-corrected chi connectivity index (χ4v) is 4.06. The molecule has 1 fully saturated rings. The van der Waals surface area contributed by atoms with Crippen LogP contribution in [-0.2, 0) is 11.8 Å². The van der Waals surface area contributed by atoms with Gasteiger partial charge in [0.2, 0.25) is 5.91 Å². The maximum atomic E-state index is 12.2. The summed E-state index contributed by atoms with van der Waals surface area (Å²) in [7, 11) is 3.58. The number of hydrogen-bond acceptors (Lipinski definition) is 5. The van der Waals surface area contributed by atoms with Crippen molar-refractivity contribution < 1.29 is 9.59 Å². The van der Waals surface area contributed by atoms with E-state index in [4.69, 9.17) is 17.3 Å². The Hall–Kier alpha value is -3.51. The van der Waals surface area contributed by atoms with Gasteiger partial charge in [0, 0.05) is 39.7 Å². The fraction of sp³-hybridized carbons (Fsp3) is 0.333. The predicted molar refractivity (Wildman–Crippen MR) is 118 cm³/mol. The van der Waals surface area contributed by atoms with E-state index in [2.05, 4.69) is 27.2 Å². The number of nitrogens with two attached hydrogens (primary N) is 1. The Balaban J connectivity index is 1.76. The Morgan fingerprint density at radius 1 is 1.32 bits per heavy atom. The minimum absolute atomic E-state index is 0.00959. The molecule has 0 aliphatic carbocycles. The highest BCUT2D eigenvalue weighted by molar-refractivity contribution is 6.32. The van der Waals surface area contributed by atoms with Crippen molar-refractivity contribution in [3.63, 3.8) is 0 Å². The summed E-state index contributed by atoms with van der Waals surface area (Å²) >= 11 is 6.40. The molecule has 9 nitrogen and oxygen atoms in total. The second-order valence-electron chi connectivity index (χ2n) is 7.46. The van der Waals surface area contributed by atoms with Crippen molar-refractivity contribution >= 4 is 40.3 Å². The van der Waals surface area contributed by atoms with Crippen molar-refractivity contribution in [2.75, 3.05) is 25.5 Å². The van der Waals surface area contributed by atoms with E-state index in [1.165, 1.54) is 0 Å². The quantitative estimate of drug-likeness (QED) is 0.604. The number of nitrogens with zero attached hydrogens (tertiary/aromatic N) is 5. The number of amides is 2. The van der Waals surface area contributed by atoms with Gasteiger partial charge < -0.3 is 20.5 Å². The Morgan fingerprint density at radius 2 is 2.10 bits per heavy atom. The number of primary amides is 1. The second-order valence-corrected chi connectivity index (χ2v) is 7.87. The van der Waals surface area contributed by atoms with E-state index in [1.54, 1.807) is 42.0 Å². The molecular weight excluding hydrogens is 418 g/mol. The lowest BCUT2D eigenvalue weighted by Crippen LogP contribution is -2.27. The molecule has 10 heteroatoms. The van der Waals surface area contributed by atoms with E-state index in [-0.39, 0.29) is 23.2 Å². The van der Waals surface area contributed by atoms with E-state index in [9.17, 15) is 9.59 Å². The maximum absolute atomic E-state index is 12.2. The molecule has 0 spiro atoms. The van der Waals surface area contributed by atoms with Crippen LogP contribution >= 0.6 is 11.6 Å². The number of nitrogens with one attached hydrogen (secondary N) is 1. The van der Waals surface area contributed by atoms with Gasteiger partial charge in [0.05, 0.1) is 28.4 Å². The van der Waals surface area contributed by atoms with Gasteiger partial charge in [0.15, 0.2) is 5.69 Å². The first kappa shape index (κ1) is 20.8. The third kappa shape index (κ3) is 3.70. The number of hydrogen-bond donors (Lipinski definition) is 2. The molecule has 31 heavy (non-hydrogen) atoms. The zero-order valence-electron chi connectivity index (χ0n) is 17.4. The molecular formula is C21H22ClN7O2. The zero-order valence-corrected chi connectivity index (χ0v) is 18.2. The molecule has 3 aromatic rings. The molecule has 3 heterocycles. The average Bonchev–Trinajstić information content (AvgIpc) is 3.43. The topological polar surface area (TPSA) is 111 Å². The van der Waals surface area contributed by atoms with E-state index >= 15 is 0 Å². The Morgan fingerprint density at radius 3 is 2.74 bits per heavy atom. The number of anilines is 1. The number of benzene rings is 1. The summed E-state index contributed by atoms with van der Waals surface area (Å²) in [4.78, 5) is 30.0. The maximum Gasteiger partial charge on any atom is 0.255 e. The van der Waals surface area contributed by atoms with Crippen molar-refractivity contribution in [1.29, 1.82) is 0 Å². The summed E-state index contributed by atoms with van der Waals surface area (Å²) in [5.74, 6) is 5.82. The van der Waals surface area contributed by atoms with Crippen LogP contribution in [0.15, 0.2) is 18.5 Å². The summed E-state index contributed by atoms with van der Waals surface area (Å²) in [6, 6.07) is 3.52. The molecule has 2 amide bonds. The van der Waals surface area contributed by atoms with E-state index in [1.807, 2.05) is 11.6 Å². The van der Waals surface area contributed by atoms with E-state index < -0.39 is 5.91 Å². The van der Waals surface area contributed by atoms with Gasteiger partial charge in [-0.3, -0.25) is 9.59 Å². The largest absolute Gasteiger partial charge is 0.373 e. The van der Waals surface area contributed by atoms with Crippen LogP contribution in [0.1, 0.15) is 41.0 Å². The SMILES string of the molecule is CNc1c(C(N)=O)c(C#Cc2cc3ncn(C)c3cc2Cl)nn1[C@H]1CCN(C(C)=O)C1. The van der Waals surface area contributed by atoms with Crippen molar-refractivity contribution in [2.24, 2.45) is 12.8 Å². The van der Waals surface area contributed by atoms with Gasteiger partial charge >= 0.3 is 0 Å². The monoisotopic (exact) mass is 439 g/mol. The molecule has 160 valence electrons. The number of halogens is 1. The number of carbonyl (C=O) groups excluding carboxylic acids is 2. The summed E-state index contributed by atoms with van der Waals surface area (Å²) in [5.41, 5.74) is 8.36. The molecule has 0 unspecified atom stereocenters. The van der Waals surface area contributed by atoms with Crippen LogP contribution in [0.5, 0.6) is 0 Å². The molecule has 3 N–H and O–H groups in total. The summed E-state index contributed by atoms with van der Waals surface area (Å²) in [6.45, 7) is 2.69. The molecule has 1 atom stereocenters. The van der Waals surface area contributed by atoms with Crippen LogP contribution in [0.3, 0.4) is 0 Å². The molecule has 0 bridgehead atoms. The number of fused-ring (bicyclic) bond motifs is 1. The number of imidazole rings is 1. The molecule has 2 aromatic heterocycles. The number of aromatic nitrogens is 4. The summed E-state index contributed by atoms with van der Waals surface area (Å²) in [5, 5.41) is 8.06. The number of likely N-dealkylation sites (tertiary alicyclic amines) is 1. The minimum atomic E-state index is -0.632. The smallest absolute Gasteiger partial charge is 0.255 e. The number of rotatable bonds is 3. The van der Waals surface area contributed by atoms with Crippen molar-refractivity contribution in [3.05, 3.63) is 40.3 Å². The number of aryl methyl sites for hydroxylation is 1. The van der Waals surface area contributed by atoms with Crippen LogP contribution in [0.4, 0.5) is 5.82 Å². The van der Waals surface area contributed by atoms with Crippen LogP contribution in [0.25, 0.3) is 11.0 Å². The van der Waals surface area contributed by atoms with E-state index in [0.29, 0.717) is 29.5 Å². The molecule has 0 saturated carbocycles. The Bertz CT molecular complexity index is 1260. The molecule has 1 aromatic carbocycles. The third-order valence-corrected chi connectivity index (χ3v) is 5.79. The number of carbonyl (C=O) groups is 2. The Labute approximate surface area is 184 Å². The summed E-state index contributed by atoms with van der Waals surface area (Å²) in [6.07, 6.45) is 2.43. The molecule has 1 aliphatic heterocycles. The molecule has 1 aliphatic rings.